The first-order chi connectivity index (χ1) is 11.8. The smallest absolute Gasteiger partial charge is 0.224 e. The molecule has 0 atom stereocenters. The maximum Gasteiger partial charge on any atom is 0.224 e. The number of nitrogens with one attached hydrogen (secondary N) is 1. The average Bonchev–Trinajstić information content (AvgIpc) is 2.57. The zero-order valence-electron chi connectivity index (χ0n) is 15.4. The minimum absolute atomic E-state index is 0.0319. The van der Waals surface area contributed by atoms with Crippen LogP contribution in [-0.4, -0.2) is 49.7 Å². The molecule has 6 nitrogen and oxygen atoms in total. The second-order valence-corrected chi connectivity index (χ2v) is 8.35. The van der Waals surface area contributed by atoms with Gasteiger partial charge in [-0.2, -0.15) is 0 Å². The Morgan fingerprint density at radius 1 is 1.12 bits per heavy atom. The van der Waals surface area contributed by atoms with Gasteiger partial charge < -0.3 is 15.3 Å². The van der Waals surface area contributed by atoms with Gasteiger partial charge in [0.2, 0.25) is 5.91 Å². The van der Waals surface area contributed by atoms with Gasteiger partial charge in [-0.3, -0.25) is 4.79 Å². The van der Waals surface area contributed by atoms with Crippen LogP contribution in [0.15, 0.2) is 23.1 Å². The molecule has 0 spiro atoms. The molecule has 0 aliphatic rings. The molecule has 1 amide bonds. The van der Waals surface area contributed by atoms with Crippen molar-refractivity contribution in [2.24, 2.45) is 0 Å². The SMILES string of the molecule is CCCN(CCC)CCCC(=O)Nc1cc(S(=O)(=O)CC)ccc1O. The maximum atomic E-state index is 12.1. The molecule has 142 valence electrons. The Bertz CT molecular complexity index is 653. The summed E-state index contributed by atoms with van der Waals surface area (Å²) in [6, 6.07) is 3.95. The van der Waals surface area contributed by atoms with E-state index in [-0.39, 0.29) is 28.0 Å². The van der Waals surface area contributed by atoms with E-state index in [9.17, 15) is 18.3 Å². The van der Waals surface area contributed by atoms with Crippen LogP contribution in [0, 0.1) is 0 Å². The molecule has 0 aromatic heterocycles. The molecule has 0 saturated carbocycles. The Morgan fingerprint density at radius 3 is 2.32 bits per heavy atom. The van der Waals surface area contributed by atoms with Crippen molar-refractivity contribution in [3.63, 3.8) is 0 Å². The number of phenols is 1. The molecule has 1 aromatic carbocycles. The summed E-state index contributed by atoms with van der Waals surface area (Å²) in [5.74, 6) is -0.396. The molecule has 0 aliphatic carbocycles. The molecule has 0 unspecified atom stereocenters. The number of hydrogen-bond acceptors (Lipinski definition) is 5. The van der Waals surface area contributed by atoms with Crippen LogP contribution in [0.3, 0.4) is 0 Å². The first-order valence-corrected chi connectivity index (χ1v) is 10.6. The molecule has 0 heterocycles. The van der Waals surface area contributed by atoms with Crippen LogP contribution < -0.4 is 5.32 Å². The van der Waals surface area contributed by atoms with E-state index in [1.54, 1.807) is 6.92 Å². The molecular weight excluding hydrogens is 340 g/mol. The summed E-state index contributed by atoms with van der Waals surface area (Å²) in [5, 5.41) is 12.5. The largest absolute Gasteiger partial charge is 0.506 e. The Labute approximate surface area is 151 Å². The van der Waals surface area contributed by atoms with Crippen LogP contribution in [0.2, 0.25) is 0 Å². The number of benzene rings is 1. The summed E-state index contributed by atoms with van der Waals surface area (Å²) < 4.78 is 23.8. The van der Waals surface area contributed by atoms with Crippen LogP contribution in [0.1, 0.15) is 46.5 Å². The van der Waals surface area contributed by atoms with E-state index in [0.29, 0.717) is 6.42 Å². The summed E-state index contributed by atoms with van der Waals surface area (Å²) in [5.41, 5.74) is 0.137. The minimum Gasteiger partial charge on any atom is -0.506 e. The van der Waals surface area contributed by atoms with Gasteiger partial charge in [0.25, 0.3) is 0 Å². The fourth-order valence-corrected chi connectivity index (χ4v) is 3.53. The molecule has 1 rings (SSSR count). The number of aromatic hydroxyl groups is 1. The Morgan fingerprint density at radius 2 is 1.76 bits per heavy atom. The van der Waals surface area contributed by atoms with Crippen molar-refractivity contribution in [3.8, 4) is 5.75 Å². The van der Waals surface area contributed by atoms with Crippen molar-refractivity contribution in [3.05, 3.63) is 18.2 Å². The predicted octanol–water partition coefficient (Wildman–Crippen LogP) is 3.03. The normalized spacial score (nSPS) is 11.7. The van der Waals surface area contributed by atoms with Crippen LogP contribution in [0.25, 0.3) is 0 Å². The number of hydrogen-bond donors (Lipinski definition) is 2. The summed E-state index contributed by atoms with van der Waals surface area (Å²) in [6.07, 6.45) is 3.21. The van der Waals surface area contributed by atoms with Gasteiger partial charge in [-0.25, -0.2) is 8.42 Å². The van der Waals surface area contributed by atoms with Crippen LogP contribution >= 0.6 is 0 Å². The molecule has 0 aliphatic heterocycles. The number of amides is 1. The van der Waals surface area contributed by atoms with Gasteiger partial charge >= 0.3 is 0 Å². The van der Waals surface area contributed by atoms with Crippen molar-refractivity contribution in [2.75, 3.05) is 30.7 Å². The number of rotatable bonds is 11. The van der Waals surface area contributed by atoms with Crippen LogP contribution in [0.4, 0.5) is 5.69 Å². The lowest BCUT2D eigenvalue weighted by atomic mass is 10.2. The molecule has 0 fully saturated rings. The van der Waals surface area contributed by atoms with E-state index in [2.05, 4.69) is 24.1 Å². The Hall–Kier alpha value is -1.60. The second-order valence-electron chi connectivity index (χ2n) is 6.08. The third-order valence-electron chi connectivity index (χ3n) is 3.94. The molecule has 0 saturated heterocycles. The second kappa shape index (κ2) is 10.4. The van der Waals surface area contributed by atoms with Crippen molar-refractivity contribution in [1.82, 2.24) is 4.90 Å². The number of nitrogens with zero attached hydrogens (tertiary/aromatic N) is 1. The lowest BCUT2D eigenvalue weighted by Gasteiger charge is -2.20. The highest BCUT2D eigenvalue weighted by atomic mass is 32.2. The summed E-state index contributed by atoms with van der Waals surface area (Å²) >= 11 is 0. The zero-order chi connectivity index (χ0) is 18.9. The quantitative estimate of drug-likeness (QED) is 0.585. The fourth-order valence-electron chi connectivity index (χ4n) is 2.62. The number of carbonyl (C=O) groups is 1. The van der Waals surface area contributed by atoms with Crippen molar-refractivity contribution < 1.29 is 18.3 Å². The summed E-state index contributed by atoms with van der Waals surface area (Å²) in [6.45, 7) is 8.72. The van der Waals surface area contributed by atoms with Gasteiger partial charge in [0.1, 0.15) is 5.75 Å². The van der Waals surface area contributed by atoms with E-state index in [0.717, 1.165) is 38.9 Å². The van der Waals surface area contributed by atoms with Crippen molar-refractivity contribution in [1.29, 1.82) is 0 Å². The molecule has 7 heteroatoms. The van der Waals surface area contributed by atoms with Crippen molar-refractivity contribution in [2.45, 2.75) is 51.3 Å². The maximum absolute atomic E-state index is 12.1. The van der Waals surface area contributed by atoms with E-state index in [1.807, 2.05) is 0 Å². The predicted molar refractivity (Wildman–Crippen MR) is 101 cm³/mol. The number of anilines is 1. The molecule has 25 heavy (non-hydrogen) atoms. The number of sulfone groups is 1. The average molecular weight is 371 g/mol. The first-order valence-electron chi connectivity index (χ1n) is 8.92. The minimum atomic E-state index is -3.38. The lowest BCUT2D eigenvalue weighted by molar-refractivity contribution is -0.116. The fraction of sp³-hybridized carbons (Fsp3) is 0.611. The zero-order valence-corrected chi connectivity index (χ0v) is 16.2. The monoisotopic (exact) mass is 370 g/mol. The Balaban J connectivity index is 2.63. The van der Waals surface area contributed by atoms with E-state index < -0.39 is 9.84 Å². The van der Waals surface area contributed by atoms with Gasteiger partial charge in [-0.1, -0.05) is 20.8 Å². The Kier molecular flexibility index (Phi) is 8.92. The highest BCUT2D eigenvalue weighted by molar-refractivity contribution is 7.91. The van der Waals surface area contributed by atoms with E-state index in [1.165, 1.54) is 18.2 Å². The summed E-state index contributed by atoms with van der Waals surface area (Å²) in [4.78, 5) is 14.5. The molecule has 1 aromatic rings. The van der Waals surface area contributed by atoms with Gasteiger partial charge in [0, 0.05) is 6.42 Å². The van der Waals surface area contributed by atoms with Gasteiger partial charge in [0.15, 0.2) is 9.84 Å². The van der Waals surface area contributed by atoms with E-state index in [4.69, 9.17) is 0 Å². The topological polar surface area (TPSA) is 86.7 Å². The molecule has 0 radical (unpaired) electrons. The lowest BCUT2D eigenvalue weighted by Crippen LogP contribution is -2.27. The standard InChI is InChI=1S/C18H30N2O4S/c1-4-11-20(12-5-2)13-7-8-18(22)19-16-14-15(9-10-17(16)21)25(23,24)6-3/h9-10,14,21H,4-8,11-13H2,1-3H3,(H,19,22). The van der Waals surface area contributed by atoms with Gasteiger partial charge in [-0.05, 0) is 57.1 Å². The van der Waals surface area contributed by atoms with Crippen LogP contribution in [-0.2, 0) is 14.6 Å². The highest BCUT2D eigenvalue weighted by Gasteiger charge is 2.15. The first kappa shape index (κ1) is 21.4. The third kappa shape index (κ3) is 7.04. The highest BCUT2D eigenvalue weighted by Crippen LogP contribution is 2.27. The summed E-state index contributed by atoms with van der Waals surface area (Å²) in [7, 11) is -3.38. The van der Waals surface area contributed by atoms with Gasteiger partial charge in [0.05, 0.1) is 16.3 Å². The van der Waals surface area contributed by atoms with E-state index >= 15 is 0 Å². The van der Waals surface area contributed by atoms with Crippen molar-refractivity contribution >= 4 is 21.4 Å². The van der Waals surface area contributed by atoms with Crippen LogP contribution in [0.5, 0.6) is 5.75 Å². The molecule has 2 N–H and O–H groups in total. The number of carbonyl (C=O) groups excluding carboxylic acids is 1. The third-order valence-corrected chi connectivity index (χ3v) is 5.67. The number of phenolic OH excluding ortho intramolecular Hbond substituents is 1. The van der Waals surface area contributed by atoms with Gasteiger partial charge in [-0.15, -0.1) is 0 Å². The molecular formula is C18H30N2O4S. The molecule has 0 bridgehead atoms.